The maximum atomic E-state index is 13.5. The molecule has 0 radical (unpaired) electrons. The molecule has 7 nitrogen and oxygen atoms in total. The van der Waals surface area contributed by atoms with E-state index in [1.165, 1.54) is 6.07 Å². The minimum atomic E-state index is -4.56. The number of aromatic nitrogens is 2. The molecule has 0 aliphatic carbocycles. The molecule has 1 aliphatic rings. The van der Waals surface area contributed by atoms with Gasteiger partial charge >= 0.3 is 12.2 Å². The lowest BCUT2D eigenvalue weighted by molar-refractivity contribution is -0.140. The molecule has 0 atom stereocenters. The second-order valence-corrected chi connectivity index (χ2v) is 8.59. The highest BCUT2D eigenvalue weighted by Gasteiger charge is 2.33. The maximum absolute atomic E-state index is 13.5. The second-order valence-electron chi connectivity index (χ2n) is 8.59. The molecule has 0 spiro atoms. The Balaban J connectivity index is 1.39. The molecule has 190 valence electrons. The van der Waals surface area contributed by atoms with Crippen molar-refractivity contribution in [1.29, 1.82) is 0 Å². The number of halogens is 3. The number of nitrogens with zero attached hydrogens (tertiary/aromatic N) is 4. The molecule has 1 fully saturated rings. The number of carbonyl (C=O) groups is 1. The minimum absolute atomic E-state index is 0.235. The van der Waals surface area contributed by atoms with Gasteiger partial charge in [0.15, 0.2) is 0 Å². The Bertz CT molecular complexity index is 1420. The number of methoxy groups -OCH3 is 1. The van der Waals surface area contributed by atoms with Crippen molar-refractivity contribution in [2.24, 2.45) is 0 Å². The van der Waals surface area contributed by atoms with Gasteiger partial charge in [-0.25, -0.2) is 14.8 Å². The zero-order valence-corrected chi connectivity index (χ0v) is 20.0. The zero-order chi connectivity index (χ0) is 26.0. The van der Waals surface area contributed by atoms with Crippen LogP contribution in [-0.2, 0) is 6.18 Å². The van der Waals surface area contributed by atoms with Crippen molar-refractivity contribution < 1.29 is 22.7 Å². The van der Waals surface area contributed by atoms with Gasteiger partial charge in [0.25, 0.3) is 0 Å². The Morgan fingerprint density at radius 1 is 0.973 bits per heavy atom. The summed E-state index contributed by atoms with van der Waals surface area (Å²) < 4.78 is 45.6. The summed E-state index contributed by atoms with van der Waals surface area (Å²) in [5.74, 6) is 1.19. The number of benzene rings is 2. The summed E-state index contributed by atoms with van der Waals surface area (Å²) in [6.45, 7) is 1.79. The fourth-order valence-electron chi connectivity index (χ4n) is 4.36. The third-order valence-corrected chi connectivity index (χ3v) is 6.27. The fraction of sp³-hybridized carbons (Fsp3) is 0.222. The first-order valence-electron chi connectivity index (χ1n) is 11.7. The van der Waals surface area contributed by atoms with E-state index in [1.807, 2.05) is 35.2 Å². The van der Waals surface area contributed by atoms with Gasteiger partial charge in [0.2, 0.25) is 0 Å². The van der Waals surface area contributed by atoms with Crippen molar-refractivity contribution >= 4 is 28.4 Å². The topological polar surface area (TPSA) is 70.6 Å². The van der Waals surface area contributed by atoms with E-state index in [-0.39, 0.29) is 11.5 Å². The SMILES string of the molecule is COc1cccc(NC(=O)N2CCN(c3ncc(-c4ccccc4)c4nc(C(F)(F)F)ccc34)CC2)c1. The quantitative estimate of drug-likeness (QED) is 0.385. The molecule has 2 aromatic carbocycles. The number of hydrogen-bond acceptors (Lipinski definition) is 5. The lowest BCUT2D eigenvalue weighted by atomic mass is 10.0. The molecule has 4 aromatic rings. The van der Waals surface area contributed by atoms with Crippen LogP contribution in [0.15, 0.2) is 72.9 Å². The number of amides is 2. The van der Waals surface area contributed by atoms with Crippen LogP contribution in [0.4, 0.5) is 29.5 Å². The Morgan fingerprint density at radius 2 is 1.73 bits per heavy atom. The van der Waals surface area contributed by atoms with Crippen molar-refractivity contribution in [2.45, 2.75) is 6.18 Å². The van der Waals surface area contributed by atoms with Crippen LogP contribution in [0, 0.1) is 0 Å². The van der Waals surface area contributed by atoms with Gasteiger partial charge in [-0.2, -0.15) is 13.2 Å². The first-order chi connectivity index (χ1) is 17.8. The largest absolute Gasteiger partial charge is 0.497 e. The Labute approximate surface area is 211 Å². The monoisotopic (exact) mass is 507 g/mol. The number of urea groups is 1. The Kier molecular flexibility index (Phi) is 6.56. The predicted octanol–water partition coefficient (Wildman–Crippen LogP) is 5.68. The van der Waals surface area contributed by atoms with Gasteiger partial charge in [-0.3, -0.25) is 0 Å². The summed E-state index contributed by atoms with van der Waals surface area (Å²) in [4.78, 5) is 25.1. The lowest BCUT2D eigenvalue weighted by Gasteiger charge is -2.36. The lowest BCUT2D eigenvalue weighted by Crippen LogP contribution is -2.50. The number of hydrogen-bond donors (Lipinski definition) is 1. The fourth-order valence-corrected chi connectivity index (χ4v) is 4.36. The maximum Gasteiger partial charge on any atom is 0.433 e. The average molecular weight is 508 g/mol. The highest BCUT2D eigenvalue weighted by Crippen LogP contribution is 2.36. The van der Waals surface area contributed by atoms with Crippen molar-refractivity contribution in [3.8, 4) is 16.9 Å². The number of carbonyl (C=O) groups excluding carboxylic acids is 1. The number of fused-ring (bicyclic) bond motifs is 1. The van der Waals surface area contributed by atoms with Crippen LogP contribution in [0.3, 0.4) is 0 Å². The molecule has 0 saturated carbocycles. The van der Waals surface area contributed by atoms with Crippen molar-refractivity contribution in [2.75, 3.05) is 43.5 Å². The summed E-state index contributed by atoms with van der Waals surface area (Å²) in [6.07, 6.45) is -2.99. The molecule has 37 heavy (non-hydrogen) atoms. The summed E-state index contributed by atoms with van der Waals surface area (Å²) in [6, 6.07) is 18.4. The summed E-state index contributed by atoms with van der Waals surface area (Å²) in [7, 11) is 1.56. The molecule has 1 saturated heterocycles. The van der Waals surface area contributed by atoms with E-state index in [0.29, 0.717) is 54.4 Å². The van der Waals surface area contributed by atoms with E-state index in [4.69, 9.17) is 4.74 Å². The van der Waals surface area contributed by atoms with Crippen LogP contribution in [0.25, 0.3) is 22.0 Å². The third-order valence-electron chi connectivity index (χ3n) is 6.27. The van der Waals surface area contributed by atoms with E-state index in [0.717, 1.165) is 11.6 Å². The highest BCUT2D eigenvalue weighted by molar-refractivity contribution is 5.99. The van der Waals surface area contributed by atoms with E-state index in [1.54, 1.807) is 42.5 Å². The third kappa shape index (κ3) is 5.13. The summed E-state index contributed by atoms with van der Waals surface area (Å²) >= 11 is 0. The van der Waals surface area contributed by atoms with Crippen LogP contribution in [-0.4, -0.2) is 54.2 Å². The van der Waals surface area contributed by atoms with Gasteiger partial charge < -0.3 is 19.9 Å². The number of anilines is 2. The summed E-state index contributed by atoms with van der Waals surface area (Å²) in [5, 5.41) is 3.40. The molecule has 3 heterocycles. The van der Waals surface area contributed by atoms with E-state index in [9.17, 15) is 18.0 Å². The minimum Gasteiger partial charge on any atom is -0.497 e. The van der Waals surface area contributed by atoms with Crippen molar-refractivity contribution in [3.63, 3.8) is 0 Å². The van der Waals surface area contributed by atoms with Gasteiger partial charge in [0.1, 0.15) is 17.3 Å². The molecule has 10 heteroatoms. The number of piperazine rings is 1. The molecule has 1 N–H and O–H groups in total. The molecule has 2 amide bonds. The number of pyridine rings is 2. The van der Waals surface area contributed by atoms with E-state index in [2.05, 4.69) is 15.3 Å². The predicted molar refractivity (Wildman–Crippen MR) is 136 cm³/mol. The molecule has 2 aromatic heterocycles. The van der Waals surface area contributed by atoms with Gasteiger partial charge in [-0.1, -0.05) is 36.4 Å². The average Bonchev–Trinajstić information content (AvgIpc) is 2.92. The Hall–Kier alpha value is -4.34. The molecule has 0 bridgehead atoms. The number of nitrogens with one attached hydrogen (secondary N) is 1. The van der Waals surface area contributed by atoms with Gasteiger partial charge in [-0.15, -0.1) is 0 Å². The zero-order valence-electron chi connectivity index (χ0n) is 20.0. The normalized spacial score (nSPS) is 14.1. The van der Waals surface area contributed by atoms with Gasteiger partial charge in [-0.05, 0) is 29.8 Å². The number of ether oxygens (including phenoxy) is 1. The first kappa shape index (κ1) is 24.4. The first-order valence-corrected chi connectivity index (χ1v) is 11.7. The number of alkyl halides is 3. The second kappa shape index (κ2) is 9.96. The number of rotatable bonds is 4. The summed E-state index contributed by atoms with van der Waals surface area (Å²) in [5.41, 5.74) is 1.18. The van der Waals surface area contributed by atoms with Crippen LogP contribution >= 0.6 is 0 Å². The van der Waals surface area contributed by atoms with E-state index >= 15 is 0 Å². The van der Waals surface area contributed by atoms with Crippen LogP contribution in [0.1, 0.15) is 5.69 Å². The smallest absolute Gasteiger partial charge is 0.433 e. The van der Waals surface area contributed by atoms with Gasteiger partial charge in [0, 0.05) is 55.1 Å². The van der Waals surface area contributed by atoms with Crippen LogP contribution < -0.4 is 15.0 Å². The molecule has 1 aliphatic heterocycles. The molecular weight excluding hydrogens is 483 g/mol. The molecule has 5 rings (SSSR count). The Morgan fingerprint density at radius 3 is 2.43 bits per heavy atom. The van der Waals surface area contributed by atoms with Crippen LogP contribution in [0.2, 0.25) is 0 Å². The van der Waals surface area contributed by atoms with Crippen LogP contribution in [0.5, 0.6) is 5.75 Å². The highest BCUT2D eigenvalue weighted by atomic mass is 19.4. The molecule has 0 unspecified atom stereocenters. The van der Waals surface area contributed by atoms with Crippen molar-refractivity contribution in [1.82, 2.24) is 14.9 Å². The molecular formula is C27H24F3N5O2. The van der Waals surface area contributed by atoms with E-state index < -0.39 is 11.9 Å². The van der Waals surface area contributed by atoms with Gasteiger partial charge in [0.05, 0.1) is 12.6 Å². The standard InChI is InChI=1S/C27H24F3N5O2/c1-37-20-9-5-8-19(16-20)32-26(36)35-14-12-34(13-15-35)25-21-10-11-23(27(28,29)30)33-24(21)22(17-31-25)18-6-3-2-4-7-18/h2-11,16-17H,12-15H2,1H3,(H,32,36). The van der Waals surface area contributed by atoms with Crippen molar-refractivity contribution in [3.05, 3.63) is 78.6 Å².